The summed E-state index contributed by atoms with van der Waals surface area (Å²) in [5, 5.41) is 4.90. The maximum atomic E-state index is 4.79. The predicted molar refractivity (Wildman–Crippen MR) is 73.1 cm³/mol. The van der Waals surface area contributed by atoms with Crippen LogP contribution in [0.15, 0.2) is 4.99 Å². The summed E-state index contributed by atoms with van der Waals surface area (Å²) >= 11 is 1.93. The highest BCUT2D eigenvalue weighted by atomic mass is 32.2. The van der Waals surface area contributed by atoms with Crippen LogP contribution < -0.4 is 5.32 Å². The SMILES string of the molecule is CC(C)C(C)N=C1NC2(CCCCC2)CS1. The normalized spacial score (nSPS) is 28.6. The van der Waals surface area contributed by atoms with E-state index in [4.69, 9.17) is 4.99 Å². The highest BCUT2D eigenvalue weighted by Gasteiger charge is 2.38. The van der Waals surface area contributed by atoms with Crippen molar-refractivity contribution in [3.8, 4) is 0 Å². The van der Waals surface area contributed by atoms with Crippen LogP contribution in [-0.4, -0.2) is 22.5 Å². The summed E-state index contributed by atoms with van der Waals surface area (Å²) in [6.07, 6.45) is 6.88. The Hall–Kier alpha value is -0.180. The van der Waals surface area contributed by atoms with E-state index in [1.54, 1.807) is 0 Å². The lowest BCUT2D eigenvalue weighted by Gasteiger charge is -2.32. The van der Waals surface area contributed by atoms with E-state index in [1.807, 2.05) is 11.8 Å². The molecular weight excluding hydrogens is 216 g/mol. The van der Waals surface area contributed by atoms with Gasteiger partial charge in [-0.15, -0.1) is 0 Å². The highest BCUT2D eigenvalue weighted by Crippen LogP contribution is 2.36. The van der Waals surface area contributed by atoms with Crippen molar-refractivity contribution in [2.45, 2.75) is 64.5 Å². The van der Waals surface area contributed by atoms with E-state index in [0.29, 0.717) is 17.5 Å². The minimum atomic E-state index is 0.401. The molecule has 1 unspecified atom stereocenters. The van der Waals surface area contributed by atoms with E-state index in [-0.39, 0.29) is 0 Å². The second-order valence-electron chi connectivity index (χ2n) is 5.67. The Kier molecular flexibility index (Phi) is 3.83. The van der Waals surface area contributed by atoms with Crippen molar-refractivity contribution in [3.63, 3.8) is 0 Å². The second kappa shape index (κ2) is 4.99. The first-order valence-corrected chi connectivity index (χ1v) is 7.59. The van der Waals surface area contributed by atoms with Gasteiger partial charge in [0.05, 0.1) is 6.04 Å². The van der Waals surface area contributed by atoms with Crippen molar-refractivity contribution in [1.82, 2.24) is 5.32 Å². The third-order valence-electron chi connectivity index (χ3n) is 3.95. The Morgan fingerprint density at radius 1 is 1.19 bits per heavy atom. The van der Waals surface area contributed by atoms with Crippen LogP contribution in [-0.2, 0) is 0 Å². The molecule has 0 radical (unpaired) electrons. The number of hydrogen-bond donors (Lipinski definition) is 1. The van der Waals surface area contributed by atoms with Gasteiger partial charge < -0.3 is 5.32 Å². The Labute approximate surface area is 104 Å². The summed E-state index contributed by atoms with van der Waals surface area (Å²) in [5.41, 5.74) is 0.401. The smallest absolute Gasteiger partial charge is 0.157 e. The molecule has 3 heteroatoms. The maximum absolute atomic E-state index is 4.79. The molecule has 0 aromatic heterocycles. The molecular formula is C13H24N2S. The zero-order chi connectivity index (χ0) is 11.6. The first kappa shape index (κ1) is 12.3. The van der Waals surface area contributed by atoms with E-state index in [1.165, 1.54) is 43.0 Å². The lowest BCUT2D eigenvalue weighted by atomic mass is 9.83. The molecule has 2 rings (SSSR count). The van der Waals surface area contributed by atoms with Crippen LogP contribution >= 0.6 is 11.8 Å². The fraction of sp³-hybridized carbons (Fsp3) is 0.923. The molecule has 1 aliphatic carbocycles. The molecule has 2 aliphatic rings. The number of rotatable bonds is 2. The second-order valence-corrected chi connectivity index (χ2v) is 6.64. The third kappa shape index (κ3) is 2.73. The van der Waals surface area contributed by atoms with Gasteiger partial charge in [0.1, 0.15) is 0 Å². The van der Waals surface area contributed by atoms with Crippen molar-refractivity contribution in [2.75, 3.05) is 5.75 Å². The van der Waals surface area contributed by atoms with Crippen LogP contribution in [0.2, 0.25) is 0 Å². The molecule has 0 bridgehead atoms. The van der Waals surface area contributed by atoms with E-state index in [0.717, 1.165) is 0 Å². The van der Waals surface area contributed by atoms with Crippen molar-refractivity contribution < 1.29 is 0 Å². The zero-order valence-electron chi connectivity index (χ0n) is 10.8. The summed E-state index contributed by atoms with van der Waals surface area (Å²) in [7, 11) is 0. The summed E-state index contributed by atoms with van der Waals surface area (Å²) in [6, 6.07) is 0.439. The van der Waals surface area contributed by atoms with E-state index in [9.17, 15) is 0 Å². The van der Waals surface area contributed by atoms with Gasteiger partial charge in [0.25, 0.3) is 0 Å². The molecule has 1 heterocycles. The fourth-order valence-corrected chi connectivity index (χ4v) is 3.71. The van der Waals surface area contributed by atoms with Crippen molar-refractivity contribution in [2.24, 2.45) is 10.9 Å². The molecule has 0 aromatic carbocycles. The predicted octanol–water partition coefficient (Wildman–Crippen LogP) is 3.43. The van der Waals surface area contributed by atoms with Gasteiger partial charge in [0.2, 0.25) is 0 Å². The van der Waals surface area contributed by atoms with E-state index in [2.05, 4.69) is 26.1 Å². The molecule has 0 amide bonds. The van der Waals surface area contributed by atoms with Crippen LogP contribution in [0, 0.1) is 5.92 Å². The van der Waals surface area contributed by atoms with E-state index < -0.39 is 0 Å². The standard InChI is InChI=1S/C13H24N2S/c1-10(2)11(3)14-12-15-13(9-16-12)7-5-4-6-8-13/h10-11H,4-9H2,1-3H3,(H,14,15). The van der Waals surface area contributed by atoms with Gasteiger partial charge in [0, 0.05) is 11.3 Å². The number of nitrogens with zero attached hydrogens (tertiary/aromatic N) is 1. The molecule has 1 N–H and O–H groups in total. The van der Waals surface area contributed by atoms with Crippen molar-refractivity contribution in [3.05, 3.63) is 0 Å². The Bertz CT molecular complexity index is 267. The average molecular weight is 240 g/mol. The minimum Gasteiger partial charge on any atom is -0.359 e. The van der Waals surface area contributed by atoms with Crippen LogP contribution in [0.3, 0.4) is 0 Å². The molecule has 2 nitrogen and oxygen atoms in total. The summed E-state index contributed by atoms with van der Waals surface area (Å²) in [4.78, 5) is 4.79. The molecule has 1 atom stereocenters. The molecule has 1 saturated heterocycles. The van der Waals surface area contributed by atoms with Gasteiger partial charge in [-0.2, -0.15) is 0 Å². The summed E-state index contributed by atoms with van der Waals surface area (Å²) in [5.74, 6) is 1.87. The van der Waals surface area contributed by atoms with Gasteiger partial charge in [-0.3, -0.25) is 4.99 Å². The number of hydrogen-bond acceptors (Lipinski definition) is 2. The fourth-order valence-electron chi connectivity index (χ4n) is 2.41. The largest absolute Gasteiger partial charge is 0.359 e. The third-order valence-corrected chi connectivity index (χ3v) is 5.13. The molecule has 92 valence electrons. The molecule has 16 heavy (non-hydrogen) atoms. The van der Waals surface area contributed by atoms with Gasteiger partial charge in [0.15, 0.2) is 5.17 Å². The van der Waals surface area contributed by atoms with Crippen LogP contribution in [0.4, 0.5) is 0 Å². The maximum Gasteiger partial charge on any atom is 0.157 e. The lowest BCUT2D eigenvalue weighted by Crippen LogP contribution is -2.45. The number of aliphatic imine (C=N–C) groups is 1. The Balaban J connectivity index is 1.96. The number of nitrogens with one attached hydrogen (secondary N) is 1. The van der Waals surface area contributed by atoms with Gasteiger partial charge in [-0.05, 0) is 25.7 Å². The topological polar surface area (TPSA) is 24.4 Å². The zero-order valence-corrected chi connectivity index (χ0v) is 11.6. The number of amidine groups is 1. The van der Waals surface area contributed by atoms with Crippen molar-refractivity contribution in [1.29, 1.82) is 0 Å². The van der Waals surface area contributed by atoms with Crippen LogP contribution in [0.5, 0.6) is 0 Å². The van der Waals surface area contributed by atoms with E-state index >= 15 is 0 Å². The molecule has 1 saturated carbocycles. The van der Waals surface area contributed by atoms with Gasteiger partial charge in [-0.25, -0.2) is 0 Å². The molecule has 2 fully saturated rings. The Morgan fingerprint density at radius 3 is 2.50 bits per heavy atom. The summed E-state index contributed by atoms with van der Waals surface area (Å²) in [6.45, 7) is 6.70. The van der Waals surface area contributed by atoms with Gasteiger partial charge in [-0.1, -0.05) is 44.9 Å². The minimum absolute atomic E-state index is 0.401. The Morgan fingerprint density at radius 2 is 1.88 bits per heavy atom. The first-order valence-electron chi connectivity index (χ1n) is 6.60. The van der Waals surface area contributed by atoms with Crippen LogP contribution in [0.25, 0.3) is 0 Å². The average Bonchev–Trinajstić information content (AvgIpc) is 2.62. The van der Waals surface area contributed by atoms with Gasteiger partial charge >= 0.3 is 0 Å². The quantitative estimate of drug-likeness (QED) is 0.799. The number of thioether (sulfide) groups is 1. The summed E-state index contributed by atoms with van der Waals surface area (Å²) < 4.78 is 0. The monoisotopic (exact) mass is 240 g/mol. The lowest BCUT2D eigenvalue weighted by molar-refractivity contribution is 0.303. The molecule has 0 aromatic rings. The molecule has 1 spiro atoms. The first-order chi connectivity index (χ1) is 7.61. The molecule has 1 aliphatic heterocycles. The highest BCUT2D eigenvalue weighted by molar-refractivity contribution is 8.14. The van der Waals surface area contributed by atoms with Crippen molar-refractivity contribution >= 4 is 16.9 Å². The van der Waals surface area contributed by atoms with Crippen LogP contribution in [0.1, 0.15) is 52.9 Å².